The first-order valence-corrected chi connectivity index (χ1v) is 12.3. The molecule has 39 heavy (non-hydrogen) atoms. The molecule has 0 radical (unpaired) electrons. The van der Waals surface area contributed by atoms with Crippen LogP contribution in [0.5, 0.6) is 23.0 Å². The molecule has 0 saturated carbocycles. The fourth-order valence-electron chi connectivity index (χ4n) is 3.52. The number of hydrogen-bond acceptors (Lipinski definition) is 7. The normalized spacial score (nSPS) is 10.6. The van der Waals surface area contributed by atoms with Gasteiger partial charge in [-0.2, -0.15) is 5.10 Å². The predicted octanol–water partition coefficient (Wildman–Crippen LogP) is 5.66. The Labute approximate surface area is 226 Å². The number of esters is 1. The molecular weight excluding hydrogens is 496 g/mol. The summed E-state index contributed by atoms with van der Waals surface area (Å²) in [5.41, 5.74) is 5.03. The van der Waals surface area contributed by atoms with Crippen molar-refractivity contribution in [3.8, 4) is 23.0 Å². The number of amides is 1. The highest BCUT2D eigenvalue weighted by atomic mass is 16.6. The average Bonchev–Trinajstić information content (AvgIpc) is 2.98. The van der Waals surface area contributed by atoms with Gasteiger partial charge in [-0.3, -0.25) is 4.79 Å². The lowest BCUT2D eigenvalue weighted by Crippen LogP contribution is -2.17. The third kappa shape index (κ3) is 7.69. The van der Waals surface area contributed by atoms with E-state index in [0.717, 1.165) is 5.56 Å². The molecule has 0 aliphatic heterocycles. The molecule has 4 rings (SSSR count). The molecule has 4 aromatic carbocycles. The molecule has 1 amide bonds. The Morgan fingerprint density at radius 2 is 1.49 bits per heavy atom. The van der Waals surface area contributed by atoms with Crippen molar-refractivity contribution in [2.45, 2.75) is 13.5 Å². The Balaban J connectivity index is 1.34. The summed E-state index contributed by atoms with van der Waals surface area (Å²) >= 11 is 0. The van der Waals surface area contributed by atoms with Crippen LogP contribution >= 0.6 is 0 Å². The lowest BCUT2D eigenvalue weighted by Gasteiger charge is -2.11. The van der Waals surface area contributed by atoms with Crippen molar-refractivity contribution >= 4 is 18.1 Å². The number of carbonyl (C=O) groups excluding carboxylic acids is 2. The summed E-state index contributed by atoms with van der Waals surface area (Å²) in [5, 5.41) is 4.04. The summed E-state index contributed by atoms with van der Waals surface area (Å²) in [5.74, 6) is 1.06. The Bertz CT molecular complexity index is 1420. The van der Waals surface area contributed by atoms with Crippen LogP contribution in [-0.4, -0.2) is 31.8 Å². The molecule has 1 N–H and O–H groups in total. The molecule has 8 nitrogen and oxygen atoms in total. The van der Waals surface area contributed by atoms with Gasteiger partial charge >= 0.3 is 5.97 Å². The predicted molar refractivity (Wildman–Crippen MR) is 148 cm³/mol. The Hall–Kier alpha value is -5.11. The zero-order valence-electron chi connectivity index (χ0n) is 21.6. The summed E-state index contributed by atoms with van der Waals surface area (Å²) < 4.78 is 22.1. The summed E-state index contributed by atoms with van der Waals surface area (Å²) in [6, 6.07) is 28.3. The van der Waals surface area contributed by atoms with Gasteiger partial charge in [-0.05, 0) is 84.8 Å². The van der Waals surface area contributed by atoms with Crippen LogP contribution in [0.3, 0.4) is 0 Å². The van der Waals surface area contributed by atoms with E-state index in [9.17, 15) is 9.59 Å². The minimum atomic E-state index is -0.524. The minimum absolute atomic E-state index is 0.272. The van der Waals surface area contributed by atoms with Crippen molar-refractivity contribution in [2.24, 2.45) is 5.10 Å². The van der Waals surface area contributed by atoms with Crippen molar-refractivity contribution in [2.75, 3.05) is 13.7 Å². The van der Waals surface area contributed by atoms with Crippen molar-refractivity contribution in [1.29, 1.82) is 0 Å². The second kappa shape index (κ2) is 13.4. The molecule has 198 valence electrons. The van der Waals surface area contributed by atoms with Gasteiger partial charge < -0.3 is 18.9 Å². The molecule has 4 aromatic rings. The maximum atomic E-state index is 12.6. The maximum Gasteiger partial charge on any atom is 0.343 e. The van der Waals surface area contributed by atoms with E-state index in [0.29, 0.717) is 47.2 Å². The highest BCUT2D eigenvalue weighted by Gasteiger charge is 2.13. The minimum Gasteiger partial charge on any atom is -0.497 e. The number of methoxy groups -OCH3 is 1. The van der Waals surface area contributed by atoms with E-state index in [4.69, 9.17) is 18.9 Å². The van der Waals surface area contributed by atoms with E-state index in [1.807, 2.05) is 37.3 Å². The molecule has 0 fully saturated rings. The Morgan fingerprint density at radius 1 is 0.795 bits per heavy atom. The van der Waals surface area contributed by atoms with Crippen LogP contribution in [0.2, 0.25) is 0 Å². The van der Waals surface area contributed by atoms with Gasteiger partial charge in [0.15, 0.2) is 11.5 Å². The van der Waals surface area contributed by atoms with E-state index in [2.05, 4.69) is 10.5 Å². The second-order valence-corrected chi connectivity index (χ2v) is 8.25. The molecule has 0 spiro atoms. The van der Waals surface area contributed by atoms with Crippen LogP contribution in [-0.2, 0) is 6.61 Å². The first-order chi connectivity index (χ1) is 19.1. The van der Waals surface area contributed by atoms with Gasteiger partial charge in [-0.25, -0.2) is 10.2 Å². The summed E-state index contributed by atoms with van der Waals surface area (Å²) in [6.07, 6.45) is 1.48. The standard InChI is InChI=1S/C31H28N2O6/c1-3-37-29-19-23(9-18-28(29)39-31(35)25-12-14-26(36-2)15-13-25)20-32-33-30(34)24-10-16-27(17-11-24)38-21-22-7-5-4-6-8-22/h4-20H,3,21H2,1-2H3,(H,33,34)/b32-20-. The largest absolute Gasteiger partial charge is 0.497 e. The zero-order chi connectivity index (χ0) is 27.5. The third-order valence-electron chi connectivity index (χ3n) is 5.54. The second-order valence-electron chi connectivity index (χ2n) is 8.25. The van der Waals surface area contributed by atoms with Crippen LogP contribution in [0.1, 0.15) is 38.8 Å². The van der Waals surface area contributed by atoms with Crippen LogP contribution in [0.4, 0.5) is 0 Å². The highest BCUT2D eigenvalue weighted by molar-refractivity contribution is 5.95. The summed E-state index contributed by atoms with van der Waals surface area (Å²) in [7, 11) is 1.55. The first kappa shape index (κ1) is 26.9. The SMILES string of the molecule is CCOc1cc(/C=N\NC(=O)c2ccc(OCc3ccccc3)cc2)ccc1OC(=O)c1ccc(OC)cc1. The first-order valence-electron chi connectivity index (χ1n) is 12.3. The molecule has 0 unspecified atom stereocenters. The lowest BCUT2D eigenvalue weighted by atomic mass is 10.2. The molecule has 0 aliphatic rings. The number of benzene rings is 4. The van der Waals surface area contributed by atoms with Crippen molar-refractivity contribution in [3.05, 3.63) is 119 Å². The summed E-state index contributed by atoms with van der Waals surface area (Å²) in [6.45, 7) is 2.64. The van der Waals surface area contributed by atoms with Crippen molar-refractivity contribution in [1.82, 2.24) is 5.43 Å². The fourth-order valence-corrected chi connectivity index (χ4v) is 3.52. The van der Waals surface area contributed by atoms with Crippen molar-refractivity contribution < 1.29 is 28.5 Å². The fraction of sp³-hybridized carbons (Fsp3) is 0.129. The number of ether oxygens (including phenoxy) is 4. The number of hydrazone groups is 1. The molecule has 0 heterocycles. The number of nitrogens with zero attached hydrogens (tertiary/aromatic N) is 1. The maximum absolute atomic E-state index is 12.6. The van der Waals surface area contributed by atoms with Crippen LogP contribution in [0.15, 0.2) is 102 Å². The van der Waals surface area contributed by atoms with Crippen LogP contribution < -0.4 is 24.4 Å². The van der Waals surface area contributed by atoms with E-state index in [1.165, 1.54) is 6.21 Å². The van der Waals surface area contributed by atoms with Gasteiger partial charge in [0.05, 0.1) is 25.5 Å². The Kier molecular flexibility index (Phi) is 9.28. The number of hydrogen-bond donors (Lipinski definition) is 1. The van der Waals surface area contributed by atoms with E-state index in [1.54, 1.807) is 73.8 Å². The molecule has 0 saturated heterocycles. The molecule has 0 atom stereocenters. The van der Waals surface area contributed by atoms with E-state index >= 15 is 0 Å². The topological polar surface area (TPSA) is 95.5 Å². The summed E-state index contributed by atoms with van der Waals surface area (Å²) in [4.78, 5) is 25.0. The van der Waals surface area contributed by atoms with Gasteiger partial charge in [-0.15, -0.1) is 0 Å². The molecule has 8 heteroatoms. The third-order valence-corrected chi connectivity index (χ3v) is 5.54. The smallest absolute Gasteiger partial charge is 0.343 e. The van der Waals surface area contributed by atoms with Gasteiger partial charge in [-0.1, -0.05) is 30.3 Å². The van der Waals surface area contributed by atoms with Gasteiger partial charge in [0.2, 0.25) is 0 Å². The Morgan fingerprint density at radius 3 is 2.18 bits per heavy atom. The van der Waals surface area contributed by atoms with Crippen molar-refractivity contribution in [3.63, 3.8) is 0 Å². The molecule has 0 bridgehead atoms. The monoisotopic (exact) mass is 524 g/mol. The van der Waals surface area contributed by atoms with E-state index in [-0.39, 0.29) is 11.7 Å². The quantitative estimate of drug-likeness (QED) is 0.118. The lowest BCUT2D eigenvalue weighted by molar-refractivity contribution is 0.0728. The van der Waals surface area contributed by atoms with E-state index < -0.39 is 5.97 Å². The number of nitrogens with one attached hydrogen (secondary N) is 1. The van der Waals surface area contributed by atoms with Gasteiger partial charge in [0.25, 0.3) is 5.91 Å². The molecule has 0 aromatic heterocycles. The highest BCUT2D eigenvalue weighted by Crippen LogP contribution is 2.29. The van der Waals surface area contributed by atoms with Gasteiger partial charge in [0, 0.05) is 5.56 Å². The van der Waals surface area contributed by atoms with Crippen LogP contribution in [0.25, 0.3) is 0 Å². The van der Waals surface area contributed by atoms with Gasteiger partial charge in [0.1, 0.15) is 18.1 Å². The zero-order valence-corrected chi connectivity index (χ0v) is 21.6. The number of rotatable bonds is 11. The molecular formula is C31H28N2O6. The van der Waals surface area contributed by atoms with Crippen LogP contribution in [0, 0.1) is 0 Å². The average molecular weight is 525 g/mol. The molecule has 0 aliphatic carbocycles. The number of carbonyl (C=O) groups is 2.